The Kier molecular flexibility index (Phi) is 6.19. The summed E-state index contributed by atoms with van der Waals surface area (Å²) in [6.45, 7) is 2.82. The van der Waals surface area contributed by atoms with Crippen LogP contribution in [0.2, 0.25) is 0 Å². The number of fused-ring (bicyclic) bond motifs is 1. The number of pyridine rings is 1. The van der Waals surface area contributed by atoms with E-state index in [1.54, 1.807) is 14.2 Å². The number of aromatic nitrogens is 1. The molecular weight excluding hydrogens is 376 g/mol. The molecule has 5 heteroatoms. The first kappa shape index (κ1) is 20.2. The number of benzene rings is 2. The lowest BCUT2D eigenvalue weighted by Crippen LogP contribution is -2.32. The first-order chi connectivity index (χ1) is 14.7. The molecule has 3 aromatic rings. The molecule has 5 nitrogen and oxygen atoms in total. The van der Waals surface area contributed by atoms with Gasteiger partial charge in [0.2, 0.25) is 0 Å². The van der Waals surface area contributed by atoms with Crippen LogP contribution >= 0.6 is 0 Å². The van der Waals surface area contributed by atoms with Gasteiger partial charge in [0.1, 0.15) is 5.75 Å². The highest BCUT2D eigenvalue weighted by Gasteiger charge is 2.26. The van der Waals surface area contributed by atoms with Crippen molar-refractivity contribution in [2.75, 3.05) is 27.3 Å². The molecule has 0 saturated carbocycles. The van der Waals surface area contributed by atoms with Crippen molar-refractivity contribution < 1.29 is 14.6 Å². The second-order valence-electron chi connectivity index (χ2n) is 7.63. The van der Waals surface area contributed by atoms with Crippen LogP contribution in [-0.4, -0.2) is 42.3 Å². The quantitative estimate of drug-likeness (QED) is 0.630. The highest BCUT2D eigenvalue weighted by atomic mass is 16.5. The van der Waals surface area contributed by atoms with Crippen LogP contribution < -0.4 is 9.47 Å². The number of hydrogen-bond acceptors (Lipinski definition) is 5. The van der Waals surface area contributed by atoms with Crippen molar-refractivity contribution in [2.45, 2.75) is 25.8 Å². The van der Waals surface area contributed by atoms with Crippen molar-refractivity contribution in [3.8, 4) is 28.4 Å². The molecule has 0 radical (unpaired) electrons. The fourth-order valence-corrected chi connectivity index (χ4v) is 4.27. The molecule has 1 N–H and O–H groups in total. The van der Waals surface area contributed by atoms with Crippen LogP contribution in [0, 0.1) is 0 Å². The summed E-state index contributed by atoms with van der Waals surface area (Å²) in [7, 11) is 3.26. The number of hydrogen-bond donors (Lipinski definition) is 1. The number of methoxy groups -OCH3 is 2. The molecule has 156 valence electrons. The van der Waals surface area contributed by atoms with Crippen molar-refractivity contribution in [3.05, 3.63) is 71.5 Å². The van der Waals surface area contributed by atoms with Gasteiger partial charge < -0.3 is 14.6 Å². The Morgan fingerprint density at radius 2 is 1.80 bits per heavy atom. The van der Waals surface area contributed by atoms with Gasteiger partial charge in [-0.2, -0.15) is 0 Å². The average molecular weight is 405 g/mol. The van der Waals surface area contributed by atoms with E-state index in [-0.39, 0.29) is 5.75 Å². The zero-order valence-electron chi connectivity index (χ0n) is 17.6. The Labute approximate surface area is 177 Å². The molecule has 1 aromatic heterocycles. The monoisotopic (exact) mass is 404 g/mol. The molecule has 0 aliphatic carbocycles. The van der Waals surface area contributed by atoms with E-state index in [4.69, 9.17) is 9.47 Å². The van der Waals surface area contributed by atoms with Crippen LogP contribution in [0.1, 0.15) is 23.1 Å². The van der Waals surface area contributed by atoms with Gasteiger partial charge in [-0.3, -0.25) is 9.88 Å². The van der Waals surface area contributed by atoms with Crippen LogP contribution in [0.25, 0.3) is 11.1 Å². The van der Waals surface area contributed by atoms with Gasteiger partial charge in [-0.05, 0) is 66.8 Å². The summed E-state index contributed by atoms with van der Waals surface area (Å²) in [6, 6.07) is 14.0. The molecule has 2 heterocycles. The molecule has 0 unspecified atom stereocenters. The lowest BCUT2D eigenvalue weighted by atomic mass is 9.89. The minimum atomic E-state index is 0.180. The summed E-state index contributed by atoms with van der Waals surface area (Å²) in [5.41, 5.74) is 5.43. The Bertz CT molecular complexity index is 1000. The lowest BCUT2D eigenvalue weighted by molar-refractivity contribution is 0.250. The van der Waals surface area contributed by atoms with Crippen molar-refractivity contribution >= 4 is 0 Å². The minimum Gasteiger partial charge on any atom is -0.504 e. The van der Waals surface area contributed by atoms with Crippen LogP contribution in [0.15, 0.2) is 54.9 Å². The van der Waals surface area contributed by atoms with Gasteiger partial charge in [0.05, 0.1) is 14.2 Å². The van der Waals surface area contributed by atoms with E-state index in [9.17, 15) is 5.11 Å². The molecule has 1 aliphatic rings. The number of phenols is 1. The number of para-hydroxylation sites is 1. The van der Waals surface area contributed by atoms with Crippen LogP contribution in [0.5, 0.6) is 17.2 Å². The minimum absolute atomic E-state index is 0.180. The molecule has 0 saturated heterocycles. The maximum absolute atomic E-state index is 11.0. The number of aromatic hydroxyl groups is 1. The number of ether oxygens (including phenoxy) is 2. The van der Waals surface area contributed by atoms with Crippen molar-refractivity contribution in [3.63, 3.8) is 0 Å². The number of rotatable bonds is 7. The Balaban J connectivity index is 1.61. The normalized spacial score (nSPS) is 13.7. The topological polar surface area (TPSA) is 54.8 Å². The van der Waals surface area contributed by atoms with E-state index in [1.807, 2.05) is 42.7 Å². The van der Waals surface area contributed by atoms with E-state index in [0.717, 1.165) is 61.3 Å². The number of nitrogens with zero attached hydrogens (tertiary/aromatic N) is 2. The molecule has 0 bridgehead atoms. The maximum Gasteiger partial charge on any atom is 0.166 e. The second kappa shape index (κ2) is 9.18. The van der Waals surface area contributed by atoms with E-state index in [1.165, 1.54) is 11.1 Å². The van der Waals surface area contributed by atoms with Crippen LogP contribution in [-0.2, 0) is 19.4 Å². The molecule has 0 atom stereocenters. The van der Waals surface area contributed by atoms with Gasteiger partial charge in [-0.25, -0.2) is 0 Å². The van der Waals surface area contributed by atoms with E-state index < -0.39 is 0 Å². The third-order valence-corrected chi connectivity index (χ3v) is 5.83. The molecule has 0 fully saturated rings. The summed E-state index contributed by atoms with van der Waals surface area (Å²) in [4.78, 5) is 6.56. The van der Waals surface area contributed by atoms with Crippen molar-refractivity contribution in [2.24, 2.45) is 0 Å². The van der Waals surface area contributed by atoms with Crippen molar-refractivity contribution in [1.82, 2.24) is 9.88 Å². The molecule has 2 aromatic carbocycles. The van der Waals surface area contributed by atoms with Crippen molar-refractivity contribution in [1.29, 1.82) is 0 Å². The first-order valence-electron chi connectivity index (χ1n) is 10.4. The summed E-state index contributed by atoms with van der Waals surface area (Å²) in [6.07, 6.45) is 6.76. The van der Waals surface area contributed by atoms with E-state index >= 15 is 0 Å². The molecule has 0 amide bonds. The van der Waals surface area contributed by atoms with Gasteiger partial charge in [0.15, 0.2) is 11.5 Å². The SMILES string of the molecule is COc1ccccc1-c1c(O)c(OC)cc2c1CN(CCCc1ccncc1)CC2. The van der Waals surface area contributed by atoms with Gasteiger partial charge >= 0.3 is 0 Å². The third-order valence-electron chi connectivity index (χ3n) is 5.83. The zero-order chi connectivity index (χ0) is 20.9. The smallest absolute Gasteiger partial charge is 0.166 e. The standard InChI is InChI=1S/C25H28N2O3/c1-29-22-8-4-3-7-20(22)24-21-17-27(14-5-6-18-9-12-26-13-10-18)15-11-19(21)16-23(30-2)25(24)28/h3-4,7-10,12-13,16,28H,5-6,11,14-15,17H2,1-2H3. The Hall–Kier alpha value is -3.05. The largest absolute Gasteiger partial charge is 0.504 e. The fraction of sp³-hybridized carbons (Fsp3) is 0.320. The Morgan fingerprint density at radius 3 is 2.57 bits per heavy atom. The second-order valence-corrected chi connectivity index (χ2v) is 7.63. The third kappa shape index (κ3) is 4.12. The van der Waals surface area contributed by atoms with Crippen LogP contribution in [0.3, 0.4) is 0 Å². The lowest BCUT2D eigenvalue weighted by Gasteiger charge is -2.31. The Morgan fingerprint density at radius 1 is 1.03 bits per heavy atom. The highest BCUT2D eigenvalue weighted by molar-refractivity contribution is 5.82. The summed E-state index contributed by atoms with van der Waals surface area (Å²) < 4.78 is 11.1. The van der Waals surface area contributed by atoms with E-state index in [2.05, 4.69) is 22.0 Å². The van der Waals surface area contributed by atoms with Gasteiger partial charge in [0.25, 0.3) is 0 Å². The predicted octanol–water partition coefficient (Wildman–Crippen LogP) is 4.46. The molecule has 4 rings (SSSR count). The highest BCUT2D eigenvalue weighted by Crippen LogP contribution is 2.46. The molecule has 1 aliphatic heterocycles. The zero-order valence-corrected chi connectivity index (χ0v) is 17.6. The summed E-state index contributed by atoms with van der Waals surface area (Å²) >= 11 is 0. The number of aryl methyl sites for hydroxylation is 1. The summed E-state index contributed by atoms with van der Waals surface area (Å²) in [5, 5.41) is 11.0. The molecule has 30 heavy (non-hydrogen) atoms. The average Bonchev–Trinajstić information content (AvgIpc) is 2.79. The maximum atomic E-state index is 11.0. The molecular formula is C25H28N2O3. The van der Waals surface area contributed by atoms with Gasteiger partial charge in [-0.1, -0.05) is 18.2 Å². The van der Waals surface area contributed by atoms with Gasteiger partial charge in [0, 0.05) is 36.6 Å². The van der Waals surface area contributed by atoms with Gasteiger partial charge in [-0.15, -0.1) is 0 Å². The number of phenolic OH excluding ortho intramolecular Hbond substituents is 1. The fourth-order valence-electron chi connectivity index (χ4n) is 4.27. The summed E-state index contributed by atoms with van der Waals surface area (Å²) in [5.74, 6) is 1.44. The molecule has 0 spiro atoms. The first-order valence-corrected chi connectivity index (χ1v) is 10.4. The van der Waals surface area contributed by atoms with E-state index in [0.29, 0.717) is 5.75 Å². The van der Waals surface area contributed by atoms with Crippen LogP contribution in [0.4, 0.5) is 0 Å². The predicted molar refractivity (Wildman–Crippen MR) is 118 cm³/mol.